The molecule has 4 atom stereocenters. The number of nitriles is 2. The van der Waals surface area contributed by atoms with Gasteiger partial charge in [-0.3, -0.25) is 9.97 Å². The van der Waals surface area contributed by atoms with Gasteiger partial charge in [-0.05, 0) is 50.1 Å². The van der Waals surface area contributed by atoms with Gasteiger partial charge in [0.1, 0.15) is 37.6 Å². The first-order valence-corrected chi connectivity index (χ1v) is 20.5. The van der Waals surface area contributed by atoms with Gasteiger partial charge in [0.2, 0.25) is 11.9 Å². The van der Waals surface area contributed by atoms with Crippen LogP contribution >= 0.6 is 0 Å². The van der Waals surface area contributed by atoms with Crippen LogP contribution in [0, 0.1) is 22.7 Å². The summed E-state index contributed by atoms with van der Waals surface area (Å²) < 4.78 is 32.5. The molecule has 0 spiro atoms. The molecule has 22 heteroatoms. The molecule has 0 saturated carbocycles. The standard InChI is InChI=1S/2C21H24N8O3/c2*1-14-12-28(21-26-19(32-27-21)15(2)30-3)6-7-29(14)20-24-10-18(11-25-20)31-13-16-4-5-23-9-17(16)8-22/h2*4-5,9-11,14-15H,6-7,12-13H2,1-3H3/t14-,15+;14-,15-/m11/s1. The largest absolute Gasteiger partial charge is 0.486 e. The van der Waals surface area contributed by atoms with E-state index in [1.165, 1.54) is 12.4 Å². The van der Waals surface area contributed by atoms with Crippen LogP contribution in [0.3, 0.4) is 0 Å². The number of rotatable bonds is 14. The molecule has 0 radical (unpaired) electrons. The lowest BCUT2D eigenvalue weighted by Crippen LogP contribution is -2.53. The van der Waals surface area contributed by atoms with Crippen LogP contribution in [-0.2, 0) is 22.7 Å². The molecule has 0 N–H and O–H groups in total. The fraction of sp³-hybridized carbons (Fsp3) is 0.429. The molecular formula is C42H48N16O6. The zero-order chi connectivity index (χ0) is 45.0. The highest BCUT2D eigenvalue weighted by atomic mass is 16.5. The number of hydrogen-bond acceptors (Lipinski definition) is 22. The molecule has 2 saturated heterocycles. The normalized spacial score (nSPS) is 17.1. The van der Waals surface area contributed by atoms with Gasteiger partial charge in [0.15, 0.2) is 11.5 Å². The van der Waals surface area contributed by atoms with Gasteiger partial charge in [0.05, 0.1) is 35.9 Å². The first kappa shape index (κ1) is 44.5. The summed E-state index contributed by atoms with van der Waals surface area (Å²) in [6.07, 6.45) is 12.4. The molecule has 6 aromatic rings. The predicted octanol–water partition coefficient (Wildman–Crippen LogP) is 4.26. The number of piperazine rings is 2. The second-order valence-corrected chi connectivity index (χ2v) is 14.9. The van der Waals surface area contributed by atoms with E-state index in [1.54, 1.807) is 63.5 Å². The Balaban J connectivity index is 0.000000191. The van der Waals surface area contributed by atoms with Gasteiger partial charge >= 0.3 is 0 Å². The molecule has 8 rings (SSSR count). The molecule has 0 bridgehead atoms. The number of aromatic nitrogens is 10. The minimum Gasteiger partial charge on any atom is -0.486 e. The Morgan fingerprint density at radius 1 is 0.625 bits per heavy atom. The Morgan fingerprint density at radius 2 is 1.03 bits per heavy atom. The second-order valence-electron chi connectivity index (χ2n) is 14.9. The topological polar surface area (TPSA) is 253 Å². The Labute approximate surface area is 369 Å². The third-order valence-electron chi connectivity index (χ3n) is 10.7. The quantitative estimate of drug-likeness (QED) is 0.148. The minimum absolute atomic E-state index is 0.146. The van der Waals surface area contributed by atoms with E-state index in [0.717, 1.165) is 11.1 Å². The van der Waals surface area contributed by atoms with Crippen molar-refractivity contribution in [1.29, 1.82) is 10.5 Å². The first-order valence-electron chi connectivity index (χ1n) is 20.5. The fourth-order valence-corrected chi connectivity index (χ4v) is 6.80. The van der Waals surface area contributed by atoms with Gasteiger partial charge in [0, 0.05) is 101 Å². The second kappa shape index (κ2) is 21.0. The highest BCUT2D eigenvalue weighted by molar-refractivity contribution is 5.42. The highest BCUT2D eigenvalue weighted by Crippen LogP contribution is 2.25. The van der Waals surface area contributed by atoms with E-state index in [0.29, 0.717) is 97.5 Å². The summed E-state index contributed by atoms with van der Waals surface area (Å²) in [6, 6.07) is 8.03. The zero-order valence-corrected chi connectivity index (χ0v) is 36.3. The Bertz CT molecular complexity index is 2340. The number of methoxy groups -OCH3 is 2. The molecular weight excluding hydrogens is 825 g/mol. The van der Waals surface area contributed by atoms with E-state index in [2.05, 4.69) is 95.8 Å². The van der Waals surface area contributed by atoms with Crippen LogP contribution in [0.15, 0.2) is 70.8 Å². The van der Waals surface area contributed by atoms with Crippen molar-refractivity contribution >= 4 is 23.8 Å². The summed E-state index contributed by atoms with van der Waals surface area (Å²) in [5.74, 6) is 4.39. The van der Waals surface area contributed by atoms with Crippen molar-refractivity contribution in [3.63, 3.8) is 0 Å². The lowest BCUT2D eigenvalue weighted by atomic mass is 10.2. The van der Waals surface area contributed by atoms with Gasteiger partial charge in [0.25, 0.3) is 23.7 Å². The van der Waals surface area contributed by atoms with E-state index in [-0.39, 0.29) is 37.5 Å². The molecule has 0 amide bonds. The lowest BCUT2D eigenvalue weighted by Gasteiger charge is -2.39. The van der Waals surface area contributed by atoms with Gasteiger partial charge < -0.3 is 47.6 Å². The molecule has 22 nitrogen and oxygen atoms in total. The minimum atomic E-state index is -0.242. The lowest BCUT2D eigenvalue weighted by molar-refractivity contribution is 0.0886. The van der Waals surface area contributed by atoms with E-state index in [4.69, 9.17) is 38.5 Å². The summed E-state index contributed by atoms with van der Waals surface area (Å²) in [7, 11) is 3.21. The number of nitrogens with zero attached hydrogens (tertiary/aromatic N) is 16. The van der Waals surface area contributed by atoms with Gasteiger partial charge in [-0.1, -0.05) is 0 Å². The van der Waals surface area contributed by atoms with Crippen molar-refractivity contribution in [3.05, 3.63) is 95.7 Å². The van der Waals surface area contributed by atoms with Crippen molar-refractivity contribution in [2.75, 3.05) is 73.1 Å². The molecule has 0 aromatic carbocycles. The molecule has 0 aliphatic carbocycles. The SMILES string of the molecule is CO[C@@H](C)c1nc(N2CCN(c3ncc(OCc4ccncc4C#N)cn3)[C@H](C)C2)no1.CO[C@H](C)c1nc(N2CCN(c3ncc(OCc4ccncc4C#N)cn3)[C@H](C)C2)no1. The molecule has 332 valence electrons. The van der Waals surface area contributed by atoms with Crippen molar-refractivity contribution in [1.82, 2.24) is 50.2 Å². The van der Waals surface area contributed by atoms with E-state index in [9.17, 15) is 0 Å². The number of ether oxygens (including phenoxy) is 4. The Morgan fingerprint density at radius 3 is 1.39 bits per heavy atom. The molecule has 8 heterocycles. The molecule has 64 heavy (non-hydrogen) atoms. The summed E-state index contributed by atoms with van der Waals surface area (Å²) in [5, 5.41) is 26.5. The molecule has 2 aliphatic rings. The summed E-state index contributed by atoms with van der Waals surface area (Å²) in [5.41, 5.74) is 2.51. The van der Waals surface area contributed by atoms with Crippen LogP contribution in [0.2, 0.25) is 0 Å². The van der Waals surface area contributed by atoms with Crippen LogP contribution in [-0.4, -0.2) is 116 Å². The van der Waals surface area contributed by atoms with Crippen LogP contribution in [0.25, 0.3) is 0 Å². The van der Waals surface area contributed by atoms with Crippen LogP contribution in [0.1, 0.15) is 73.9 Å². The molecule has 6 aromatic heterocycles. The maximum absolute atomic E-state index is 9.15. The molecule has 2 aliphatic heterocycles. The van der Waals surface area contributed by atoms with Crippen LogP contribution in [0.5, 0.6) is 11.5 Å². The predicted molar refractivity (Wildman–Crippen MR) is 228 cm³/mol. The van der Waals surface area contributed by atoms with Gasteiger partial charge in [-0.2, -0.15) is 20.5 Å². The van der Waals surface area contributed by atoms with Crippen LogP contribution < -0.4 is 29.1 Å². The van der Waals surface area contributed by atoms with Gasteiger partial charge in [-0.25, -0.2) is 19.9 Å². The highest BCUT2D eigenvalue weighted by Gasteiger charge is 2.30. The van der Waals surface area contributed by atoms with Crippen molar-refractivity contribution in [3.8, 4) is 23.6 Å². The van der Waals surface area contributed by atoms with E-state index >= 15 is 0 Å². The van der Waals surface area contributed by atoms with Gasteiger partial charge in [-0.15, -0.1) is 0 Å². The molecule has 0 unspecified atom stereocenters. The number of anilines is 4. The average Bonchev–Trinajstić information content (AvgIpc) is 4.05. The summed E-state index contributed by atoms with van der Waals surface area (Å²) >= 11 is 0. The van der Waals surface area contributed by atoms with Crippen molar-refractivity contribution < 1.29 is 28.0 Å². The van der Waals surface area contributed by atoms with Crippen molar-refractivity contribution in [2.24, 2.45) is 0 Å². The Kier molecular flexibility index (Phi) is 14.6. The maximum Gasteiger partial charge on any atom is 0.266 e. The number of pyridine rings is 2. The summed E-state index contributed by atoms with van der Waals surface area (Å²) in [4.78, 5) is 43.1. The zero-order valence-electron chi connectivity index (χ0n) is 36.3. The van der Waals surface area contributed by atoms with Crippen LogP contribution in [0.4, 0.5) is 23.8 Å². The maximum atomic E-state index is 9.15. The Hall–Kier alpha value is -7.56. The fourth-order valence-electron chi connectivity index (χ4n) is 6.80. The monoisotopic (exact) mass is 872 g/mol. The smallest absolute Gasteiger partial charge is 0.266 e. The first-order chi connectivity index (χ1) is 31.2. The van der Waals surface area contributed by atoms with E-state index < -0.39 is 0 Å². The average molecular weight is 873 g/mol. The van der Waals surface area contributed by atoms with Crippen molar-refractivity contribution in [2.45, 2.75) is 65.2 Å². The molecule has 2 fully saturated rings. The third kappa shape index (κ3) is 10.7. The third-order valence-corrected chi connectivity index (χ3v) is 10.7. The van der Waals surface area contributed by atoms with E-state index in [1.807, 2.05) is 13.8 Å². The summed E-state index contributed by atoms with van der Waals surface area (Å²) in [6.45, 7) is 12.7. The number of hydrogen-bond donors (Lipinski definition) is 0.